The molecule has 2 aliphatic rings. The minimum Gasteiger partial charge on any atom is -0.454 e. The molecule has 0 saturated heterocycles. The molecule has 4 rings (SSSR count). The number of hydrazone groups is 1. The highest BCUT2D eigenvalue weighted by atomic mass is 35.5. The molecule has 2 aliphatic heterocycles. The van der Waals surface area contributed by atoms with E-state index in [2.05, 4.69) is 5.10 Å². The molecule has 132 valence electrons. The van der Waals surface area contributed by atoms with Crippen LogP contribution >= 0.6 is 34.8 Å². The Morgan fingerprint density at radius 3 is 2.50 bits per heavy atom. The minimum absolute atomic E-state index is 0.149. The molecule has 0 spiro atoms. The standard InChI is InChI=1S/C18H11Cl3N2O3/c1-9-12(4-10-5-16-17(7-14(10)20)26-8-25-16)18(24)23(22-9)11-2-3-13(19)15(21)6-11/h2-7H,8H2,1H3. The van der Waals surface area contributed by atoms with E-state index in [9.17, 15) is 4.79 Å². The summed E-state index contributed by atoms with van der Waals surface area (Å²) in [6, 6.07) is 8.29. The van der Waals surface area contributed by atoms with Crippen molar-refractivity contribution in [2.24, 2.45) is 5.10 Å². The van der Waals surface area contributed by atoms with E-state index in [4.69, 9.17) is 44.3 Å². The summed E-state index contributed by atoms with van der Waals surface area (Å²) in [5, 5.41) is 6.81. The summed E-state index contributed by atoms with van der Waals surface area (Å²) in [6.07, 6.45) is 1.68. The van der Waals surface area contributed by atoms with Crippen LogP contribution in [0.15, 0.2) is 41.0 Å². The molecule has 2 heterocycles. The zero-order valence-corrected chi connectivity index (χ0v) is 15.7. The number of hydrogen-bond donors (Lipinski definition) is 0. The van der Waals surface area contributed by atoms with Gasteiger partial charge in [-0.2, -0.15) is 10.1 Å². The van der Waals surface area contributed by atoms with Gasteiger partial charge in [0.05, 0.1) is 32.0 Å². The number of halogens is 3. The lowest BCUT2D eigenvalue weighted by Gasteiger charge is -2.12. The number of anilines is 1. The van der Waals surface area contributed by atoms with Crippen LogP contribution in [-0.4, -0.2) is 18.4 Å². The molecule has 5 nitrogen and oxygen atoms in total. The smallest absolute Gasteiger partial charge is 0.280 e. The summed E-state index contributed by atoms with van der Waals surface area (Å²) in [4.78, 5) is 12.8. The number of benzene rings is 2. The van der Waals surface area contributed by atoms with E-state index < -0.39 is 0 Å². The average molecular weight is 410 g/mol. The van der Waals surface area contributed by atoms with Crippen LogP contribution in [-0.2, 0) is 4.79 Å². The second-order valence-electron chi connectivity index (χ2n) is 5.69. The van der Waals surface area contributed by atoms with Crippen molar-refractivity contribution in [3.8, 4) is 11.5 Å². The van der Waals surface area contributed by atoms with E-state index >= 15 is 0 Å². The first-order valence-corrected chi connectivity index (χ1v) is 8.73. The van der Waals surface area contributed by atoms with E-state index in [0.29, 0.717) is 49.1 Å². The zero-order chi connectivity index (χ0) is 18.4. The van der Waals surface area contributed by atoms with E-state index in [0.717, 1.165) is 0 Å². The molecular formula is C18H11Cl3N2O3. The zero-order valence-electron chi connectivity index (χ0n) is 13.4. The Kier molecular flexibility index (Phi) is 4.31. The Hall–Kier alpha value is -2.21. The van der Waals surface area contributed by atoms with Gasteiger partial charge in [-0.25, -0.2) is 0 Å². The first-order chi connectivity index (χ1) is 12.4. The minimum atomic E-state index is -0.283. The van der Waals surface area contributed by atoms with E-state index in [-0.39, 0.29) is 12.7 Å². The first kappa shape index (κ1) is 17.2. The molecule has 2 aromatic carbocycles. The van der Waals surface area contributed by atoms with E-state index in [1.165, 1.54) is 5.01 Å². The monoisotopic (exact) mass is 408 g/mol. The summed E-state index contributed by atoms with van der Waals surface area (Å²) < 4.78 is 10.7. The number of ether oxygens (including phenoxy) is 2. The lowest BCUT2D eigenvalue weighted by atomic mass is 10.1. The van der Waals surface area contributed by atoms with Crippen LogP contribution in [0.1, 0.15) is 12.5 Å². The van der Waals surface area contributed by atoms with Crippen molar-refractivity contribution in [2.45, 2.75) is 6.92 Å². The van der Waals surface area contributed by atoms with Crippen molar-refractivity contribution in [1.82, 2.24) is 0 Å². The number of carbonyl (C=O) groups is 1. The Morgan fingerprint density at radius 2 is 1.77 bits per heavy atom. The lowest BCUT2D eigenvalue weighted by Crippen LogP contribution is -2.21. The fourth-order valence-corrected chi connectivity index (χ4v) is 3.18. The third-order valence-electron chi connectivity index (χ3n) is 4.00. The van der Waals surface area contributed by atoms with Crippen molar-refractivity contribution in [3.05, 3.63) is 56.5 Å². The molecule has 8 heteroatoms. The van der Waals surface area contributed by atoms with Crippen molar-refractivity contribution in [2.75, 3.05) is 11.8 Å². The van der Waals surface area contributed by atoms with Crippen LogP contribution in [0.2, 0.25) is 15.1 Å². The normalized spacial score (nSPS) is 17.2. The summed E-state index contributed by atoms with van der Waals surface area (Å²) in [5.41, 5.74) is 2.17. The van der Waals surface area contributed by atoms with Crippen LogP contribution in [0.3, 0.4) is 0 Å². The van der Waals surface area contributed by atoms with Crippen molar-refractivity contribution in [1.29, 1.82) is 0 Å². The summed E-state index contributed by atoms with van der Waals surface area (Å²) >= 11 is 18.3. The van der Waals surface area contributed by atoms with Gasteiger partial charge in [0.1, 0.15) is 0 Å². The molecule has 0 unspecified atom stereocenters. The van der Waals surface area contributed by atoms with Gasteiger partial charge < -0.3 is 9.47 Å². The second kappa shape index (κ2) is 6.50. The maximum Gasteiger partial charge on any atom is 0.280 e. The number of amides is 1. The van der Waals surface area contributed by atoms with Crippen molar-refractivity contribution < 1.29 is 14.3 Å². The average Bonchev–Trinajstić information content (AvgIpc) is 3.16. The summed E-state index contributed by atoms with van der Waals surface area (Å²) in [5.74, 6) is 0.884. The third kappa shape index (κ3) is 2.92. The Balaban J connectivity index is 1.70. The predicted octanol–water partition coefficient (Wildman–Crippen LogP) is 5.18. The maximum absolute atomic E-state index is 12.8. The molecule has 0 aromatic heterocycles. The molecule has 1 amide bonds. The van der Waals surface area contributed by atoms with Gasteiger partial charge in [-0.1, -0.05) is 34.8 Å². The maximum atomic E-state index is 12.8. The molecule has 0 N–H and O–H groups in total. The number of nitrogens with zero attached hydrogens (tertiary/aromatic N) is 2. The largest absolute Gasteiger partial charge is 0.454 e. The van der Waals surface area contributed by atoms with Gasteiger partial charge in [0, 0.05) is 6.07 Å². The van der Waals surface area contributed by atoms with Gasteiger partial charge in [0.2, 0.25) is 6.79 Å². The molecule has 0 bridgehead atoms. The fourth-order valence-electron chi connectivity index (χ4n) is 2.68. The van der Waals surface area contributed by atoms with Crippen LogP contribution < -0.4 is 14.5 Å². The molecule has 0 saturated carbocycles. The molecular weight excluding hydrogens is 399 g/mol. The Morgan fingerprint density at radius 1 is 1.04 bits per heavy atom. The fraction of sp³-hybridized carbons (Fsp3) is 0.111. The second-order valence-corrected chi connectivity index (χ2v) is 6.91. The van der Waals surface area contributed by atoms with Gasteiger partial charge in [-0.3, -0.25) is 4.79 Å². The summed E-state index contributed by atoms with van der Waals surface area (Å²) in [6.45, 7) is 1.90. The molecule has 0 fully saturated rings. The van der Waals surface area contributed by atoms with Gasteiger partial charge in [-0.15, -0.1) is 0 Å². The molecule has 26 heavy (non-hydrogen) atoms. The van der Waals surface area contributed by atoms with Crippen LogP contribution in [0.25, 0.3) is 6.08 Å². The van der Waals surface area contributed by atoms with Crippen LogP contribution in [0.4, 0.5) is 5.69 Å². The highest BCUT2D eigenvalue weighted by Crippen LogP contribution is 2.38. The SMILES string of the molecule is CC1=NN(c2ccc(Cl)c(Cl)c2)C(=O)C1=Cc1cc2c(cc1Cl)OCO2. The number of fused-ring (bicyclic) bond motifs is 1. The number of rotatable bonds is 2. The van der Waals surface area contributed by atoms with E-state index in [1.807, 2.05) is 0 Å². The summed E-state index contributed by atoms with van der Waals surface area (Å²) in [7, 11) is 0. The number of carbonyl (C=O) groups excluding carboxylic acids is 1. The molecule has 2 aromatic rings. The van der Waals surface area contributed by atoms with Gasteiger partial charge in [0.25, 0.3) is 5.91 Å². The Bertz CT molecular complexity index is 1000. The first-order valence-electron chi connectivity index (χ1n) is 7.60. The van der Waals surface area contributed by atoms with Crippen molar-refractivity contribution >= 4 is 58.2 Å². The quantitative estimate of drug-likeness (QED) is 0.642. The lowest BCUT2D eigenvalue weighted by molar-refractivity contribution is -0.114. The van der Waals surface area contributed by atoms with Gasteiger partial charge >= 0.3 is 0 Å². The highest BCUT2D eigenvalue weighted by Gasteiger charge is 2.29. The van der Waals surface area contributed by atoms with Gasteiger partial charge in [0.15, 0.2) is 11.5 Å². The van der Waals surface area contributed by atoms with Crippen molar-refractivity contribution in [3.63, 3.8) is 0 Å². The topological polar surface area (TPSA) is 51.1 Å². The molecule has 0 radical (unpaired) electrons. The molecule has 0 aliphatic carbocycles. The third-order valence-corrected chi connectivity index (χ3v) is 5.07. The van der Waals surface area contributed by atoms with Gasteiger partial charge in [-0.05, 0) is 42.8 Å². The molecule has 0 atom stereocenters. The van der Waals surface area contributed by atoms with E-state index in [1.54, 1.807) is 43.3 Å². The number of hydrogen-bond acceptors (Lipinski definition) is 4. The predicted molar refractivity (Wildman–Crippen MR) is 103 cm³/mol. The highest BCUT2D eigenvalue weighted by molar-refractivity contribution is 6.42. The van der Waals surface area contributed by atoms with Crippen LogP contribution in [0.5, 0.6) is 11.5 Å². The Labute approximate surface area is 164 Å². The van der Waals surface area contributed by atoms with Crippen LogP contribution in [0, 0.1) is 0 Å².